The first kappa shape index (κ1) is 11.2. The number of hydrogen-bond acceptors (Lipinski definition) is 4. The minimum Gasteiger partial charge on any atom is -0.487 e. The zero-order chi connectivity index (χ0) is 12.3. The Morgan fingerprint density at radius 2 is 2.06 bits per heavy atom. The van der Waals surface area contributed by atoms with Crippen LogP contribution >= 0.6 is 0 Å². The van der Waals surface area contributed by atoms with E-state index in [0.717, 1.165) is 5.69 Å². The minimum atomic E-state index is -0.360. The summed E-state index contributed by atoms with van der Waals surface area (Å²) < 4.78 is 5.49. The van der Waals surface area contributed by atoms with Crippen LogP contribution in [0.2, 0.25) is 0 Å². The van der Waals surface area contributed by atoms with Gasteiger partial charge in [-0.1, -0.05) is 0 Å². The van der Waals surface area contributed by atoms with Crippen molar-refractivity contribution in [2.24, 2.45) is 0 Å². The molecule has 0 saturated carbocycles. The molecule has 0 fully saturated rings. The van der Waals surface area contributed by atoms with E-state index in [-0.39, 0.29) is 12.3 Å². The molecule has 0 radical (unpaired) electrons. The number of nitrogens with one attached hydrogen (secondary N) is 1. The van der Waals surface area contributed by atoms with E-state index in [2.05, 4.69) is 9.97 Å². The van der Waals surface area contributed by atoms with Gasteiger partial charge in [-0.15, -0.1) is 0 Å². The van der Waals surface area contributed by atoms with Crippen molar-refractivity contribution in [1.29, 1.82) is 0 Å². The molecule has 5 nitrogen and oxygen atoms in total. The Morgan fingerprint density at radius 3 is 2.71 bits per heavy atom. The molecule has 1 aromatic carbocycles. The summed E-state index contributed by atoms with van der Waals surface area (Å²) in [6.07, 6.45) is 0. The first-order valence-corrected chi connectivity index (χ1v) is 5.19. The van der Waals surface area contributed by atoms with Crippen molar-refractivity contribution in [3.8, 4) is 5.75 Å². The molecule has 3 N–H and O–H groups in total. The molecule has 0 saturated heterocycles. The third-order valence-electron chi connectivity index (χ3n) is 2.20. The molecule has 0 aliphatic carbocycles. The molecule has 0 bridgehead atoms. The quantitative estimate of drug-likeness (QED) is 0.779. The van der Waals surface area contributed by atoms with Gasteiger partial charge < -0.3 is 15.5 Å². The standard InChI is InChI=1S/C12H13N3O2/c1-8-6-10(15-12(16)14-8)7-17-11-4-2-9(13)3-5-11/h2-6H,7,13H2,1H3,(H,14,15,16). The average Bonchev–Trinajstić information content (AvgIpc) is 2.27. The van der Waals surface area contributed by atoms with Crippen LogP contribution in [0.1, 0.15) is 11.4 Å². The second kappa shape index (κ2) is 4.69. The summed E-state index contributed by atoms with van der Waals surface area (Å²) >= 11 is 0. The van der Waals surface area contributed by atoms with Gasteiger partial charge in [0.2, 0.25) is 0 Å². The Kier molecular flexibility index (Phi) is 3.09. The fraction of sp³-hybridized carbons (Fsp3) is 0.167. The molecule has 0 aliphatic heterocycles. The zero-order valence-electron chi connectivity index (χ0n) is 9.43. The Labute approximate surface area is 98.3 Å². The Balaban J connectivity index is 2.07. The molecule has 2 aromatic rings. The van der Waals surface area contributed by atoms with Gasteiger partial charge in [0.1, 0.15) is 12.4 Å². The van der Waals surface area contributed by atoms with Crippen LogP contribution in [0.4, 0.5) is 5.69 Å². The number of aryl methyl sites for hydroxylation is 1. The highest BCUT2D eigenvalue weighted by atomic mass is 16.5. The SMILES string of the molecule is Cc1cc(COc2ccc(N)cc2)nc(=O)[nH]1. The lowest BCUT2D eigenvalue weighted by Crippen LogP contribution is -2.15. The second-order valence-corrected chi connectivity index (χ2v) is 3.72. The van der Waals surface area contributed by atoms with Crippen molar-refractivity contribution < 1.29 is 4.74 Å². The van der Waals surface area contributed by atoms with Crippen molar-refractivity contribution in [3.05, 3.63) is 52.2 Å². The third-order valence-corrected chi connectivity index (χ3v) is 2.20. The molecule has 0 amide bonds. The number of ether oxygens (including phenoxy) is 1. The first-order chi connectivity index (χ1) is 8.13. The van der Waals surface area contributed by atoms with Crippen LogP contribution in [0, 0.1) is 6.92 Å². The molecule has 0 spiro atoms. The molecule has 88 valence electrons. The van der Waals surface area contributed by atoms with E-state index >= 15 is 0 Å². The summed E-state index contributed by atoms with van der Waals surface area (Å²) in [5.41, 5.74) is 7.25. The summed E-state index contributed by atoms with van der Waals surface area (Å²) in [5, 5.41) is 0. The number of nitrogen functional groups attached to an aromatic ring is 1. The van der Waals surface area contributed by atoms with Crippen LogP contribution in [0.15, 0.2) is 35.1 Å². The van der Waals surface area contributed by atoms with Gasteiger partial charge in [-0.25, -0.2) is 4.79 Å². The van der Waals surface area contributed by atoms with Gasteiger partial charge in [-0.05, 0) is 37.3 Å². The highest BCUT2D eigenvalue weighted by Gasteiger charge is 1.99. The van der Waals surface area contributed by atoms with Gasteiger partial charge in [-0.2, -0.15) is 4.98 Å². The average molecular weight is 231 g/mol. The Morgan fingerprint density at radius 1 is 1.35 bits per heavy atom. The number of H-pyrrole nitrogens is 1. The first-order valence-electron chi connectivity index (χ1n) is 5.19. The normalized spacial score (nSPS) is 10.2. The third kappa shape index (κ3) is 3.07. The highest BCUT2D eigenvalue weighted by molar-refractivity contribution is 5.41. The zero-order valence-corrected chi connectivity index (χ0v) is 9.43. The van der Waals surface area contributed by atoms with E-state index in [0.29, 0.717) is 17.1 Å². The predicted molar refractivity (Wildman–Crippen MR) is 64.8 cm³/mol. The monoisotopic (exact) mass is 231 g/mol. The number of rotatable bonds is 3. The van der Waals surface area contributed by atoms with Gasteiger partial charge >= 0.3 is 5.69 Å². The van der Waals surface area contributed by atoms with E-state index in [9.17, 15) is 4.79 Å². The fourth-order valence-corrected chi connectivity index (χ4v) is 1.44. The van der Waals surface area contributed by atoms with Crippen molar-refractivity contribution in [2.75, 3.05) is 5.73 Å². The van der Waals surface area contributed by atoms with Crippen molar-refractivity contribution in [3.63, 3.8) is 0 Å². The maximum Gasteiger partial charge on any atom is 0.345 e. The fourth-order valence-electron chi connectivity index (χ4n) is 1.44. The second-order valence-electron chi connectivity index (χ2n) is 3.72. The van der Waals surface area contributed by atoms with E-state index < -0.39 is 0 Å². The molecule has 0 aliphatic rings. The molecular formula is C12H13N3O2. The van der Waals surface area contributed by atoms with Crippen molar-refractivity contribution in [1.82, 2.24) is 9.97 Å². The van der Waals surface area contributed by atoms with Gasteiger partial charge in [0.15, 0.2) is 0 Å². The lowest BCUT2D eigenvalue weighted by atomic mass is 10.3. The highest BCUT2D eigenvalue weighted by Crippen LogP contribution is 2.14. The number of aromatic nitrogens is 2. The smallest absolute Gasteiger partial charge is 0.345 e. The van der Waals surface area contributed by atoms with Crippen molar-refractivity contribution >= 4 is 5.69 Å². The number of benzene rings is 1. The van der Waals surface area contributed by atoms with Gasteiger partial charge in [0, 0.05) is 11.4 Å². The number of anilines is 1. The number of nitrogens with two attached hydrogens (primary N) is 1. The summed E-state index contributed by atoms with van der Waals surface area (Å²) in [6.45, 7) is 2.06. The van der Waals surface area contributed by atoms with Crippen LogP contribution in [-0.2, 0) is 6.61 Å². The molecular weight excluding hydrogens is 218 g/mol. The van der Waals surface area contributed by atoms with Gasteiger partial charge in [-0.3, -0.25) is 0 Å². The predicted octanol–water partition coefficient (Wildman–Crippen LogP) is 1.24. The van der Waals surface area contributed by atoms with E-state index in [1.54, 1.807) is 37.3 Å². The number of hydrogen-bond donors (Lipinski definition) is 2. The molecule has 5 heteroatoms. The Bertz CT molecular complexity index is 561. The maximum absolute atomic E-state index is 11.1. The van der Waals surface area contributed by atoms with E-state index in [1.807, 2.05) is 0 Å². The molecule has 1 aromatic heterocycles. The van der Waals surface area contributed by atoms with Crippen LogP contribution in [0.5, 0.6) is 5.75 Å². The molecule has 0 atom stereocenters. The van der Waals surface area contributed by atoms with Crippen LogP contribution in [-0.4, -0.2) is 9.97 Å². The summed E-state index contributed by atoms with van der Waals surface area (Å²) in [7, 11) is 0. The largest absolute Gasteiger partial charge is 0.487 e. The van der Waals surface area contributed by atoms with Crippen LogP contribution in [0.3, 0.4) is 0 Å². The Hall–Kier alpha value is -2.30. The summed E-state index contributed by atoms with van der Waals surface area (Å²) in [5.74, 6) is 0.693. The van der Waals surface area contributed by atoms with Gasteiger partial charge in [0.25, 0.3) is 0 Å². The molecule has 1 heterocycles. The molecule has 0 unspecified atom stereocenters. The maximum atomic E-state index is 11.1. The molecule has 2 rings (SSSR count). The van der Waals surface area contributed by atoms with Gasteiger partial charge in [0.05, 0.1) is 5.69 Å². The van der Waals surface area contributed by atoms with Crippen LogP contribution < -0.4 is 16.2 Å². The van der Waals surface area contributed by atoms with E-state index in [1.165, 1.54) is 0 Å². The lowest BCUT2D eigenvalue weighted by Gasteiger charge is -2.05. The number of nitrogens with zero attached hydrogens (tertiary/aromatic N) is 1. The topological polar surface area (TPSA) is 81.0 Å². The minimum absolute atomic E-state index is 0.259. The van der Waals surface area contributed by atoms with Crippen LogP contribution in [0.25, 0.3) is 0 Å². The summed E-state index contributed by atoms with van der Waals surface area (Å²) in [6, 6.07) is 8.83. The van der Waals surface area contributed by atoms with E-state index in [4.69, 9.17) is 10.5 Å². The summed E-state index contributed by atoms with van der Waals surface area (Å²) in [4.78, 5) is 17.5. The number of aromatic amines is 1. The lowest BCUT2D eigenvalue weighted by molar-refractivity contribution is 0.300. The van der Waals surface area contributed by atoms with Crippen molar-refractivity contribution in [2.45, 2.75) is 13.5 Å². The molecule has 17 heavy (non-hydrogen) atoms.